The van der Waals surface area contributed by atoms with Gasteiger partial charge in [0.05, 0.1) is 0 Å². The van der Waals surface area contributed by atoms with Crippen LogP contribution in [0, 0.1) is 0 Å². The summed E-state index contributed by atoms with van der Waals surface area (Å²) in [5.74, 6) is 0. The van der Waals surface area contributed by atoms with Crippen molar-refractivity contribution >= 4 is 11.4 Å². The Labute approximate surface area is 134 Å². The van der Waals surface area contributed by atoms with Gasteiger partial charge in [0.1, 0.15) is 0 Å². The average Bonchev–Trinajstić information content (AvgIpc) is 2.45. The average molecular weight is 297 g/mol. The van der Waals surface area contributed by atoms with Crippen molar-refractivity contribution in [1.29, 1.82) is 0 Å². The largest absolute Gasteiger partial charge is 0.345 e. The monoisotopic (exact) mass is 297 g/mol. The Morgan fingerprint density at radius 2 is 1.05 bits per heavy atom. The minimum Gasteiger partial charge on any atom is -0.345 e. The molecule has 118 valence electrons. The minimum atomic E-state index is 0.961. The first-order valence-corrected chi connectivity index (χ1v) is 7.67. The molecule has 0 fully saturated rings. The Morgan fingerprint density at radius 1 is 0.636 bits per heavy atom. The Morgan fingerprint density at radius 3 is 1.41 bits per heavy atom. The van der Waals surface area contributed by atoms with Crippen LogP contribution in [0.5, 0.6) is 0 Å². The molecule has 0 bridgehead atoms. The third kappa shape index (κ3) is 4.58. The minimum absolute atomic E-state index is 0.961. The van der Waals surface area contributed by atoms with Gasteiger partial charge in [-0.25, -0.2) is 0 Å². The number of anilines is 2. The predicted molar refractivity (Wildman–Crippen MR) is 95.7 cm³/mol. The number of hydrogen-bond acceptors (Lipinski definition) is 3. The van der Waals surface area contributed by atoms with E-state index in [-0.39, 0.29) is 0 Å². The lowest BCUT2D eigenvalue weighted by Crippen LogP contribution is -2.14. The van der Waals surface area contributed by atoms with Gasteiger partial charge < -0.3 is 14.7 Å². The van der Waals surface area contributed by atoms with Crippen LogP contribution in [0.1, 0.15) is 11.1 Å². The quantitative estimate of drug-likeness (QED) is 0.807. The molecular weight excluding hydrogens is 270 g/mol. The molecule has 0 aliphatic heterocycles. The Kier molecular flexibility index (Phi) is 5.58. The molecule has 0 N–H and O–H groups in total. The van der Waals surface area contributed by atoms with E-state index in [1.807, 2.05) is 0 Å². The summed E-state index contributed by atoms with van der Waals surface area (Å²) in [5, 5.41) is 0. The van der Waals surface area contributed by atoms with Crippen LogP contribution in [0.25, 0.3) is 0 Å². The first-order valence-electron chi connectivity index (χ1n) is 7.67. The van der Waals surface area contributed by atoms with E-state index in [9.17, 15) is 0 Å². The summed E-state index contributed by atoms with van der Waals surface area (Å²) in [6, 6.07) is 17.5. The van der Waals surface area contributed by atoms with Crippen molar-refractivity contribution in [3.05, 3.63) is 59.7 Å². The van der Waals surface area contributed by atoms with E-state index >= 15 is 0 Å². The zero-order chi connectivity index (χ0) is 16.1. The van der Waals surface area contributed by atoms with E-state index in [1.165, 1.54) is 22.5 Å². The molecule has 0 aromatic heterocycles. The van der Waals surface area contributed by atoms with Crippen LogP contribution in [-0.4, -0.2) is 45.0 Å². The zero-order valence-electron chi connectivity index (χ0n) is 14.4. The topological polar surface area (TPSA) is 9.72 Å². The molecule has 0 aliphatic carbocycles. The maximum atomic E-state index is 2.26. The molecule has 2 rings (SSSR count). The molecule has 3 heteroatoms. The van der Waals surface area contributed by atoms with Gasteiger partial charge in [-0.15, -0.1) is 0 Å². The van der Waals surface area contributed by atoms with Gasteiger partial charge in [0, 0.05) is 31.5 Å². The van der Waals surface area contributed by atoms with Crippen LogP contribution in [0.3, 0.4) is 0 Å². The van der Waals surface area contributed by atoms with Gasteiger partial charge in [0.2, 0.25) is 0 Å². The van der Waals surface area contributed by atoms with Crippen LogP contribution >= 0.6 is 0 Å². The smallest absolute Gasteiger partial charge is 0.0411 e. The highest BCUT2D eigenvalue weighted by molar-refractivity contribution is 5.63. The molecule has 22 heavy (non-hydrogen) atoms. The number of rotatable bonds is 6. The van der Waals surface area contributed by atoms with Crippen molar-refractivity contribution < 1.29 is 0 Å². The standard InChI is InChI=1S/C19H27N3/c1-20(2)14-16-8-6-10-18(12-16)22(5)19-11-7-9-17(13-19)15-21(3)4/h6-13H,14-15H2,1-5H3. The van der Waals surface area contributed by atoms with Gasteiger partial charge in [0.15, 0.2) is 0 Å². The highest BCUT2D eigenvalue weighted by Gasteiger charge is 2.06. The van der Waals surface area contributed by atoms with Crippen LogP contribution in [0.4, 0.5) is 11.4 Å². The summed E-state index contributed by atoms with van der Waals surface area (Å²) in [5.41, 5.74) is 5.11. The van der Waals surface area contributed by atoms with Gasteiger partial charge in [-0.3, -0.25) is 0 Å². The number of nitrogens with zero attached hydrogens (tertiary/aromatic N) is 3. The third-order valence-corrected chi connectivity index (χ3v) is 3.59. The van der Waals surface area contributed by atoms with E-state index in [0.717, 1.165) is 13.1 Å². The summed E-state index contributed by atoms with van der Waals surface area (Å²) in [6.45, 7) is 1.92. The SMILES string of the molecule is CN(C)Cc1cccc(N(C)c2cccc(CN(C)C)c2)c1. The Bertz CT molecular complexity index is 552. The van der Waals surface area contributed by atoms with Crippen molar-refractivity contribution in [3.63, 3.8) is 0 Å². The van der Waals surface area contributed by atoms with Crippen LogP contribution < -0.4 is 4.90 Å². The molecule has 0 saturated heterocycles. The Hall–Kier alpha value is -1.84. The maximum absolute atomic E-state index is 2.26. The Balaban J connectivity index is 2.22. The van der Waals surface area contributed by atoms with Crippen molar-refractivity contribution in [2.24, 2.45) is 0 Å². The third-order valence-electron chi connectivity index (χ3n) is 3.59. The molecule has 2 aromatic carbocycles. The van der Waals surface area contributed by atoms with Gasteiger partial charge in [-0.2, -0.15) is 0 Å². The van der Waals surface area contributed by atoms with Gasteiger partial charge in [0.25, 0.3) is 0 Å². The highest BCUT2D eigenvalue weighted by Crippen LogP contribution is 2.25. The number of hydrogen-bond donors (Lipinski definition) is 0. The second-order valence-corrected chi connectivity index (χ2v) is 6.37. The molecule has 0 radical (unpaired) electrons. The first-order chi connectivity index (χ1) is 10.5. The summed E-state index contributed by atoms with van der Waals surface area (Å²) in [6.07, 6.45) is 0. The fourth-order valence-electron chi connectivity index (χ4n) is 2.61. The molecule has 3 nitrogen and oxygen atoms in total. The van der Waals surface area contributed by atoms with Crippen LogP contribution in [0.2, 0.25) is 0 Å². The molecule has 0 heterocycles. The summed E-state index contributed by atoms with van der Waals surface area (Å²) in [7, 11) is 10.5. The van der Waals surface area contributed by atoms with Crippen LogP contribution in [-0.2, 0) is 13.1 Å². The summed E-state index contributed by atoms with van der Waals surface area (Å²) < 4.78 is 0. The van der Waals surface area contributed by atoms with Gasteiger partial charge >= 0.3 is 0 Å². The molecular formula is C19H27N3. The van der Waals surface area contributed by atoms with E-state index in [2.05, 4.69) is 98.5 Å². The fourth-order valence-corrected chi connectivity index (χ4v) is 2.61. The second kappa shape index (κ2) is 7.43. The van der Waals surface area contributed by atoms with Gasteiger partial charge in [-0.05, 0) is 63.6 Å². The van der Waals surface area contributed by atoms with Crippen molar-refractivity contribution in [1.82, 2.24) is 9.80 Å². The van der Waals surface area contributed by atoms with Crippen molar-refractivity contribution in [2.45, 2.75) is 13.1 Å². The van der Waals surface area contributed by atoms with E-state index in [0.29, 0.717) is 0 Å². The lowest BCUT2D eigenvalue weighted by Gasteiger charge is -2.22. The molecule has 0 spiro atoms. The molecule has 0 unspecified atom stereocenters. The van der Waals surface area contributed by atoms with E-state index in [4.69, 9.17) is 0 Å². The predicted octanol–water partition coefficient (Wildman–Crippen LogP) is 3.58. The van der Waals surface area contributed by atoms with Crippen molar-refractivity contribution in [3.8, 4) is 0 Å². The number of benzene rings is 2. The lowest BCUT2D eigenvalue weighted by molar-refractivity contribution is 0.402. The maximum Gasteiger partial charge on any atom is 0.0411 e. The highest BCUT2D eigenvalue weighted by atomic mass is 15.1. The fraction of sp³-hybridized carbons (Fsp3) is 0.368. The van der Waals surface area contributed by atoms with E-state index in [1.54, 1.807) is 0 Å². The van der Waals surface area contributed by atoms with E-state index < -0.39 is 0 Å². The summed E-state index contributed by atoms with van der Waals surface area (Å²) >= 11 is 0. The van der Waals surface area contributed by atoms with Gasteiger partial charge in [-0.1, -0.05) is 24.3 Å². The summed E-state index contributed by atoms with van der Waals surface area (Å²) in [4.78, 5) is 6.63. The lowest BCUT2D eigenvalue weighted by atomic mass is 10.1. The molecule has 0 aliphatic rings. The molecule has 0 saturated carbocycles. The second-order valence-electron chi connectivity index (χ2n) is 6.37. The zero-order valence-corrected chi connectivity index (χ0v) is 14.4. The molecule has 2 aromatic rings. The first kappa shape index (κ1) is 16.5. The van der Waals surface area contributed by atoms with Crippen molar-refractivity contribution in [2.75, 3.05) is 40.1 Å². The normalized spacial score (nSPS) is 11.2. The molecule has 0 amide bonds. The van der Waals surface area contributed by atoms with Crippen LogP contribution in [0.15, 0.2) is 48.5 Å². The molecule has 0 atom stereocenters.